The summed E-state index contributed by atoms with van der Waals surface area (Å²) in [6.07, 6.45) is 1.91. The molecule has 13 heavy (non-hydrogen) atoms. The van der Waals surface area contributed by atoms with Crippen molar-refractivity contribution in [2.24, 2.45) is 0 Å². The van der Waals surface area contributed by atoms with Gasteiger partial charge < -0.3 is 4.98 Å². The van der Waals surface area contributed by atoms with Crippen LogP contribution in [0.1, 0.15) is 30.8 Å². The Morgan fingerprint density at radius 2 is 2.31 bits per heavy atom. The second kappa shape index (κ2) is 4.20. The van der Waals surface area contributed by atoms with Gasteiger partial charge in [-0.25, -0.2) is 0 Å². The fourth-order valence-electron chi connectivity index (χ4n) is 1.17. The molecule has 0 bridgehead atoms. The van der Waals surface area contributed by atoms with Gasteiger partial charge in [0.25, 0.3) is 0 Å². The Labute approximate surface area is 83.8 Å². The predicted molar refractivity (Wildman–Crippen MR) is 57.6 cm³/mol. The smallest absolute Gasteiger partial charge is 0.0969 e. The number of halogens is 1. The molecule has 0 spiro atoms. The van der Waals surface area contributed by atoms with E-state index >= 15 is 0 Å². The first-order valence-corrected chi connectivity index (χ1v) is 4.47. The molecule has 1 N–H and O–H groups in total. The molecule has 1 nitrogen and oxygen atoms in total. The van der Waals surface area contributed by atoms with E-state index in [1.165, 1.54) is 0 Å². The molecule has 0 amide bonds. The molecule has 0 aliphatic rings. The third-order valence-electron chi connectivity index (χ3n) is 1.59. The summed E-state index contributed by atoms with van der Waals surface area (Å²) in [6, 6.07) is 2.03. The summed E-state index contributed by atoms with van der Waals surface area (Å²) < 4.78 is 0. The predicted octanol–water partition coefficient (Wildman–Crippen LogP) is 3.29. The normalized spacial score (nSPS) is 10.9. The largest absolute Gasteiger partial charge is 0.352 e. The molecule has 0 aliphatic heterocycles. The minimum absolute atomic E-state index is 0.762. The number of H-pyrrole nitrogens is 1. The Morgan fingerprint density at radius 3 is 2.85 bits per heavy atom. The van der Waals surface area contributed by atoms with E-state index in [0.29, 0.717) is 0 Å². The minimum Gasteiger partial charge on any atom is -0.352 e. The van der Waals surface area contributed by atoms with Crippen molar-refractivity contribution in [2.75, 3.05) is 0 Å². The molecular weight excluding hydrogens is 182 g/mol. The van der Waals surface area contributed by atoms with Crippen molar-refractivity contribution >= 4 is 17.7 Å². The fraction of sp³-hybridized carbons (Fsp3) is 0.273. The highest BCUT2D eigenvalue weighted by Gasteiger charge is 2.00. The van der Waals surface area contributed by atoms with Gasteiger partial charge in [0.05, 0.1) is 5.69 Å². The molecule has 68 valence electrons. The summed E-state index contributed by atoms with van der Waals surface area (Å²) >= 11 is 5.79. The van der Waals surface area contributed by atoms with E-state index < -0.39 is 0 Å². The van der Waals surface area contributed by atoms with Crippen LogP contribution < -0.4 is 0 Å². The van der Waals surface area contributed by atoms with Crippen molar-refractivity contribution in [2.45, 2.75) is 20.8 Å². The van der Waals surface area contributed by atoms with Crippen LogP contribution in [0.4, 0.5) is 0 Å². The lowest BCUT2D eigenvalue weighted by Crippen LogP contribution is -1.77. The van der Waals surface area contributed by atoms with E-state index in [0.717, 1.165) is 22.0 Å². The van der Waals surface area contributed by atoms with Crippen LogP contribution in [-0.4, -0.2) is 4.98 Å². The van der Waals surface area contributed by atoms with Gasteiger partial charge in [-0.3, -0.25) is 0 Å². The molecule has 0 fully saturated rings. The molecule has 1 aromatic rings. The van der Waals surface area contributed by atoms with E-state index in [-0.39, 0.29) is 0 Å². The van der Waals surface area contributed by atoms with E-state index in [2.05, 4.69) is 16.8 Å². The van der Waals surface area contributed by atoms with Crippen LogP contribution in [0.15, 0.2) is 11.1 Å². The molecule has 0 saturated carbocycles. The minimum atomic E-state index is 0.762. The van der Waals surface area contributed by atoms with Crippen molar-refractivity contribution in [1.82, 2.24) is 4.98 Å². The molecule has 0 aliphatic carbocycles. The SMILES string of the molecule is CC#Cc1[nH]c(C)cc1/C=C(\C)Cl. The van der Waals surface area contributed by atoms with Gasteiger partial charge in [0.2, 0.25) is 0 Å². The highest BCUT2D eigenvalue weighted by Crippen LogP contribution is 2.15. The summed E-state index contributed by atoms with van der Waals surface area (Å²) in [5.41, 5.74) is 3.08. The lowest BCUT2D eigenvalue weighted by Gasteiger charge is -1.89. The maximum absolute atomic E-state index is 5.79. The number of aromatic nitrogens is 1. The van der Waals surface area contributed by atoms with E-state index in [1.54, 1.807) is 0 Å². The maximum Gasteiger partial charge on any atom is 0.0969 e. The standard InChI is InChI=1S/C11H12ClN/c1-4-5-11-10(6-8(2)12)7-9(3)13-11/h6-7,13H,1-3H3/b8-6+. The molecule has 0 saturated heterocycles. The summed E-state index contributed by atoms with van der Waals surface area (Å²) in [4.78, 5) is 3.17. The lowest BCUT2D eigenvalue weighted by molar-refractivity contribution is 1.24. The van der Waals surface area contributed by atoms with Crippen molar-refractivity contribution < 1.29 is 0 Å². The van der Waals surface area contributed by atoms with Crippen molar-refractivity contribution in [1.29, 1.82) is 0 Å². The number of rotatable bonds is 1. The average molecular weight is 194 g/mol. The molecule has 0 aromatic carbocycles. The Balaban J connectivity index is 3.17. The molecule has 0 unspecified atom stereocenters. The maximum atomic E-state index is 5.79. The van der Waals surface area contributed by atoms with Crippen LogP contribution in [-0.2, 0) is 0 Å². The molecular formula is C11H12ClN. The zero-order chi connectivity index (χ0) is 9.84. The van der Waals surface area contributed by atoms with E-state index in [4.69, 9.17) is 11.6 Å². The topological polar surface area (TPSA) is 15.8 Å². The number of hydrogen-bond donors (Lipinski definition) is 1. The van der Waals surface area contributed by atoms with Gasteiger partial charge in [-0.05, 0) is 38.8 Å². The molecule has 1 rings (SSSR count). The second-order valence-corrected chi connectivity index (χ2v) is 3.48. The average Bonchev–Trinajstić information content (AvgIpc) is 2.31. The number of nitrogens with one attached hydrogen (secondary N) is 1. The first-order chi connectivity index (χ1) is 6.13. The van der Waals surface area contributed by atoms with Gasteiger partial charge in [0, 0.05) is 16.3 Å². The second-order valence-electron chi connectivity index (χ2n) is 2.89. The van der Waals surface area contributed by atoms with Crippen LogP contribution in [0, 0.1) is 18.8 Å². The Kier molecular flexibility index (Phi) is 3.22. The first-order valence-electron chi connectivity index (χ1n) is 4.09. The summed E-state index contributed by atoms with van der Waals surface area (Å²) in [5.74, 6) is 5.85. The van der Waals surface area contributed by atoms with Crippen LogP contribution in [0.25, 0.3) is 6.08 Å². The third-order valence-corrected chi connectivity index (χ3v) is 1.70. The number of aryl methyl sites for hydroxylation is 1. The first kappa shape index (κ1) is 9.95. The summed E-state index contributed by atoms with van der Waals surface area (Å²) in [5, 5.41) is 0.762. The van der Waals surface area contributed by atoms with Gasteiger partial charge in [0.1, 0.15) is 0 Å². The Bertz CT molecular complexity index is 384. The van der Waals surface area contributed by atoms with Gasteiger partial charge in [-0.1, -0.05) is 17.5 Å². The van der Waals surface area contributed by atoms with Crippen LogP contribution in [0.2, 0.25) is 0 Å². The summed E-state index contributed by atoms with van der Waals surface area (Å²) in [7, 11) is 0. The van der Waals surface area contributed by atoms with E-state index in [1.807, 2.05) is 32.9 Å². The summed E-state index contributed by atoms with van der Waals surface area (Å²) in [6.45, 7) is 5.67. The van der Waals surface area contributed by atoms with Crippen molar-refractivity contribution in [3.8, 4) is 11.8 Å². The number of aromatic amines is 1. The molecule has 2 heteroatoms. The van der Waals surface area contributed by atoms with Crippen LogP contribution in [0.5, 0.6) is 0 Å². The molecule has 0 atom stereocenters. The molecule has 1 aromatic heterocycles. The van der Waals surface area contributed by atoms with E-state index in [9.17, 15) is 0 Å². The van der Waals surface area contributed by atoms with Gasteiger partial charge in [-0.15, -0.1) is 0 Å². The number of hydrogen-bond acceptors (Lipinski definition) is 0. The lowest BCUT2D eigenvalue weighted by atomic mass is 10.2. The van der Waals surface area contributed by atoms with Crippen molar-refractivity contribution in [3.63, 3.8) is 0 Å². The van der Waals surface area contributed by atoms with Gasteiger partial charge >= 0.3 is 0 Å². The molecule has 1 heterocycles. The highest BCUT2D eigenvalue weighted by atomic mass is 35.5. The quantitative estimate of drug-likeness (QED) is 0.659. The van der Waals surface area contributed by atoms with Gasteiger partial charge in [0.15, 0.2) is 0 Å². The zero-order valence-corrected chi connectivity index (χ0v) is 8.79. The Hall–Kier alpha value is -1.13. The van der Waals surface area contributed by atoms with Crippen LogP contribution in [0.3, 0.4) is 0 Å². The molecule has 0 radical (unpaired) electrons. The van der Waals surface area contributed by atoms with Crippen LogP contribution >= 0.6 is 11.6 Å². The third kappa shape index (κ3) is 2.68. The monoisotopic (exact) mass is 193 g/mol. The highest BCUT2D eigenvalue weighted by molar-refractivity contribution is 6.31. The fourth-order valence-corrected chi connectivity index (χ4v) is 1.28. The number of allylic oxidation sites excluding steroid dienone is 1. The van der Waals surface area contributed by atoms with Crippen molar-refractivity contribution in [3.05, 3.63) is 28.0 Å². The zero-order valence-electron chi connectivity index (χ0n) is 8.03. The Morgan fingerprint density at radius 1 is 1.62 bits per heavy atom. The van der Waals surface area contributed by atoms with Gasteiger partial charge in [-0.2, -0.15) is 0 Å².